The van der Waals surface area contributed by atoms with Crippen molar-refractivity contribution >= 4 is 33.2 Å². The fraction of sp³-hybridized carbons (Fsp3) is 0.174. The molecule has 33 heavy (non-hydrogen) atoms. The molecule has 174 valence electrons. The molecule has 0 bridgehead atoms. The lowest BCUT2D eigenvalue weighted by molar-refractivity contribution is -0.137. The second kappa shape index (κ2) is 9.94. The minimum absolute atomic E-state index is 0.0164. The van der Waals surface area contributed by atoms with Crippen LogP contribution in [-0.4, -0.2) is 20.4 Å². The molecule has 1 amide bonds. The molecule has 0 radical (unpaired) electrons. The first-order chi connectivity index (χ1) is 15.5. The van der Waals surface area contributed by atoms with Gasteiger partial charge < -0.3 is 5.32 Å². The lowest BCUT2D eigenvalue weighted by atomic mass is 10.1. The molecule has 3 aromatic rings. The Hall–Kier alpha value is -2.88. The Bertz CT molecular complexity index is 1230. The van der Waals surface area contributed by atoms with E-state index in [4.69, 9.17) is 11.6 Å². The number of carbonyl (C=O) groups excluding carboxylic acids is 1. The van der Waals surface area contributed by atoms with Crippen LogP contribution in [0.4, 0.5) is 18.9 Å². The third kappa shape index (κ3) is 6.56. The minimum atomic E-state index is -4.71. The van der Waals surface area contributed by atoms with Crippen LogP contribution in [0, 0.1) is 6.92 Å². The van der Waals surface area contributed by atoms with E-state index in [-0.39, 0.29) is 17.0 Å². The van der Waals surface area contributed by atoms with Crippen LogP contribution < -0.4 is 10.0 Å². The molecular formula is C23H20ClF3N2O3S. The summed E-state index contributed by atoms with van der Waals surface area (Å²) in [4.78, 5) is 12.9. The molecule has 0 fully saturated rings. The summed E-state index contributed by atoms with van der Waals surface area (Å²) in [5.74, 6) is -0.815. The Balaban J connectivity index is 1.89. The van der Waals surface area contributed by atoms with Crippen LogP contribution in [0.25, 0.3) is 0 Å². The van der Waals surface area contributed by atoms with E-state index in [0.29, 0.717) is 11.6 Å². The molecule has 0 saturated carbocycles. The van der Waals surface area contributed by atoms with E-state index >= 15 is 0 Å². The van der Waals surface area contributed by atoms with Gasteiger partial charge >= 0.3 is 6.18 Å². The molecule has 3 aromatic carbocycles. The van der Waals surface area contributed by atoms with Gasteiger partial charge in [-0.15, -0.1) is 0 Å². The van der Waals surface area contributed by atoms with Crippen LogP contribution in [0.2, 0.25) is 5.02 Å². The highest BCUT2D eigenvalue weighted by Crippen LogP contribution is 2.36. The van der Waals surface area contributed by atoms with E-state index in [1.54, 1.807) is 49.4 Å². The number of rotatable bonds is 7. The Morgan fingerprint density at radius 1 is 1.00 bits per heavy atom. The van der Waals surface area contributed by atoms with Gasteiger partial charge in [-0.3, -0.25) is 4.79 Å². The first kappa shape index (κ1) is 24.8. The topological polar surface area (TPSA) is 75.3 Å². The Morgan fingerprint density at radius 3 is 2.24 bits per heavy atom. The van der Waals surface area contributed by atoms with Crippen molar-refractivity contribution in [3.63, 3.8) is 0 Å². The van der Waals surface area contributed by atoms with Crippen molar-refractivity contribution in [2.24, 2.45) is 0 Å². The first-order valence-corrected chi connectivity index (χ1v) is 11.6. The van der Waals surface area contributed by atoms with E-state index < -0.39 is 38.7 Å². The van der Waals surface area contributed by atoms with Crippen LogP contribution in [0.3, 0.4) is 0 Å². The van der Waals surface area contributed by atoms with Gasteiger partial charge in [0.2, 0.25) is 15.9 Å². The van der Waals surface area contributed by atoms with Crippen LogP contribution in [0.1, 0.15) is 16.7 Å². The third-order valence-electron chi connectivity index (χ3n) is 4.77. The number of benzene rings is 3. The molecule has 0 aliphatic heterocycles. The number of nitrogens with one attached hydrogen (secondary N) is 2. The molecule has 0 unspecified atom stereocenters. The normalized spacial score (nSPS) is 12.9. The highest BCUT2D eigenvalue weighted by molar-refractivity contribution is 7.89. The average molecular weight is 497 g/mol. The SMILES string of the molecule is Cc1ccc(S(=O)(=O)N[C@@H](Cc2ccccc2)C(=O)Nc2ccc(Cl)c(C(F)(F)F)c2)cc1. The zero-order chi connectivity index (χ0) is 24.2. The molecule has 0 aliphatic rings. The third-order valence-corrected chi connectivity index (χ3v) is 6.58. The number of aryl methyl sites for hydroxylation is 1. The predicted octanol–water partition coefficient (Wildman–Crippen LogP) is 5.20. The number of halogens is 4. The van der Waals surface area contributed by atoms with Crippen molar-refractivity contribution in [2.75, 3.05) is 5.32 Å². The van der Waals surface area contributed by atoms with Crippen LogP contribution in [0.15, 0.2) is 77.7 Å². The molecule has 2 N–H and O–H groups in total. The second-order valence-electron chi connectivity index (χ2n) is 7.36. The summed E-state index contributed by atoms with van der Waals surface area (Å²) in [5, 5.41) is 1.85. The van der Waals surface area contributed by atoms with Gasteiger partial charge in [0.25, 0.3) is 0 Å². The van der Waals surface area contributed by atoms with Gasteiger partial charge in [-0.25, -0.2) is 8.42 Å². The minimum Gasteiger partial charge on any atom is -0.325 e. The Kier molecular flexibility index (Phi) is 7.46. The van der Waals surface area contributed by atoms with Gasteiger partial charge in [-0.05, 0) is 49.2 Å². The summed E-state index contributed by atoms with van der Waals surface area (Å²) >= 11 is 5.63. The predicted molar refractivity (Wildman–Crippen MR) is 121 cm³/mol. The maximum Gasteiger partial charge on any atom is 0.417 e. The quantitative estimate of drug-likeness (QED) is 0.472. The number of alkyl halides is 3. The molecule has 3 rings (SSSR count). The summed E-state index contributed by atoms with van der Waals surface area (Å²) in [6.07, 6.45) is -4.73. The number of hydrogen-bond donors (Lipinski definition) is 2. The molecular weight excluding hydrogens is 477 g/mol. The largest absolute Gasteiger partial charge is 0.417 e. The maximum absolute atomic E-state index is 13.2. The van der Waals surface area contributed by atoms with Crippen molar-refractivity contribution in [1.29, 1.82) is 0 Å². The summed E-state index contributed by atoms with van der Waals surface area (Å²) < 4.78 is 67.6. The number of sulfonamides is 1. The zero-order valence-corrected chi connectivity index (χ0v) is 18.9. The molecule has 10 heteroatoms. The highest BCUT2D eigenvalue weighted by atomic mass is 35.5. The van der Waals surface area contributed by atoms with Gasteiger partial charge in [0.05, 0.1) is 15.5 Å². The monoisotopic (exact) mass is 496 g/mol. The van der Waals surface area contributed by atoms with Gasteiger partial charge in [0.15, 0.2) is 0 Å². The molecule has 0 spiro atoms. The summed E-state index contributed by atoms with van der Waals surface area (Å²) in [6, 6.07) is 16.3. The molecule has 5 nitrogen and oxygen atoms in total. The average Bonchev–Trinajstić information content (AvgIpc) is 2.74. The van der Waals surface area contributed by atoms with E-state index in [1.807, 2.05) is 0 Å². The van der Waals surface area contributed by atoms with Gasteiger partial charge in [0.1, 0.15) is 6.04 Å². The number of amides is 1. The van der Waals surface area contributed by atoms with Crippen molar-refractivity contribution in [3.05, 3.63) is 94.5 Å². The molecule has 1 atom stereocenters. The summed E-state index contributed by atoms with van der Waals surface area (Å²) in [6.45, 7) is 1.80. The van der Waals surface area contributed by atoms with Crippen molar-refractivity contribution in [2.45, 2.75) is 30.5 Å². The van der Waals surface area contributed by atoms with Crippen LogP contribution in [0.5, 0.6) is 0 Å². The standard InChI is InChI=1S/C23H20ClF3N2O3S/c1-15-7-10-18(11-8-15)33(31,32)29-21(13-16-5-3-2-4-6-16)22(30)28-17-9-12-20(24)19(14-17)23(25,26)27/h2-12,14,21,29H,13H2,1H3,(H,28,30)/t21-/m0/s1. The fourth-order valence-corrected chi connectivity index (χ4v) is 4.48. The smallest absolute Gasteiger partial charge is 0.325 e. The van der Waals surface area contributed by atoms with E-state index in [2.05, 4.69) is 10.0 Å². The number of hydrogen-bond acceptors (Lipinski definition) is 3. The number of carbonyl (C=O) groups is 1. The molecule has 0 saturated heterocycles. The summed E-state index contributed by atoms with van der Waals surface area (Å²) in [7, 11) is -4.08. The number of anilines is 1. The first-order valence-electron chi connectivity index (χ1n) is 9.76. The van der Waals surface area contributed by atoms with E-state index in [9.17, 15) is 26.4 Å². The van der Waals surface area contributed by atoms with Gasteiger partial charge in [0, 0.05) is 5.69 Å². The Morgan fingerprint density at radius 2 is 1.64 bits per heavy atom. The second-order valence-corrected chi connectivity index (χ2v) is 9.48. The summed E-state index contributed by atoms with van der Waals surface area (Å²) in [5.41, 5.74) is 0.248. The zero-order valence-electron chi connectivity index (χ0n) is 17.4. The van der Waals surface area contributed by atoms with Crippen LogP contribution >= 0.6 is 11.6 Å². The highest BCUT2D eigenvalue weighted by Gasteiger charge is 2.34. The van der Waals surface area contributed by atoms with Crippen molar-refractivity contribution in [1.82, 2.24) is 4.72 Å². The van der Waals surface area contributed by atoms with Gasteiger partial charge in [-0.2, -0.15) is 17.9 Å². The molecule has 0 aliphatic carbocycles. The van der Waals surface area contributed by atoms with Crippen molar-refractivity contribution in [3.8, 4) is 0 Å². The lowest BCUT2D eigenvalue weighted by Crippen LogP contribution is -2.45. The van der Waals surface area contributed by atoms with E-state index in [1.165, 1.54) is 18.2 Å². The van der Waals surface area contributed by atoms with Gasteiger partial charge in [-0.1, -0.05) is 59.6 Å². The fourth-order valence-electron chi connectivity index (χ4n) is 3.06. The maximum atomic E-state index is 13.2. The molecule has 0 aromatic heterocycles. The Labute approximate surface area is 194 Å². The van der Waals surface area contributed by atoms with Crippen molar-refractivity contribution < 1.29 is 26.4 Å². The van der Waals surface area contributed by atoms with Crippen LogP contribution in [-0.2, 0) is 27.4 Å². The molecule has 0 heterocycles. The van der Waals surface area contributed by atoms with E-state index in [0.717, 1.165) is 11.6 Å². The lowest BCUT2D eigenvalue weighted by Gasteiger charge is -2.19.